The molecular weight excluding hydrogens is 640 g/mol. The lowest BCUT2D eigenvalue weighted by molar-refractivity contribution is -0.225. The van der Waals surface area contributed by atoms with Gasteiger partial charge in [-0.1, -0.05) is 127 Å². The molecule has 0 N–H and O–H groups in total. The minimum absolute atomic E-state index is 0.0304. The Bertz CT molecular complexity index is 1790. The van der Waals surface area contributed by atoms with Crippen LogP contribution in [-0.2, 0) is 41.7 Å². The van der Waals surface area contributed by atoms with Gasteiger partial charge in [0.2, 0.25) is 0 Å². The third-order valence-electron chi connectivity index (χ3n) is 7.74. The predicted octanol–water partition coefficient (Wildman–Crippen LogP) is 7.28. The fourth-order valence-electron chi connectivity index (χ4n) is 5.28. The van der Waals surface area contributed by atoms with Crippen molar-refractivity contribution in [1.29, 1.82) is 0 Å². The van der Waals surface area contributed by atoms with Gasteiger partial charge in [0, 0.05) is 4.90 Å². The fourth-order valence-corrected chi connectivity index (χ4v) is 6.38. The number of rotatable bonds is 12. The Hall–Kier alpha value is -5.22. The molecule has 5 aromatic rings. The lowest BCUT2D eigenvalue weighted by atomic mass is 9.98. The number of hydrogen-bond donors (Lipinski definition) is 0. The van der Waals surface area contributed by atoms with Crippen molar-refractivity contribution in [2.24, 2.45) is 0 Å². The topological polar surface area (TPSA) is 97.4 Å². The van der Waals surface area contributed by atoms with Crippen LogP contribution in [0.4, 0.5) is 0 Å². The SMILES string of the molecule is O=C(OC1[C@@H](OCc2ccccc2)[C@H](OC(=O)c2ccccc2)C(C(=O)OCc2ccccc2)O[C@H]1Sc1ccccc1)c1ccccc1. The lowest BCUT2D eigenvalue weighted by Gasteiger charge is -2.44. The summed E-state index contributed by atoms with van der Waals surface area (Å²) in [6.45, 7) is 0.0378. The van der Waals surface area contributed by atoms with Gasteiger partial charge in [-0.25, -0.2) is 14.4 Å². The van der Waals surface area contributed by atoms with Gasteiger partial charge in [-0.15, -0.1) is 0 Å². The number of hydrogen-bond acceptors (Lipinski definition) is 9. The molecule has 0 spiro atoms. The molecule has 6 rings (SSSR count). The highest BCUT2D eigenvalue weighted by Gasteiger charge is 2.54. The van der Waals surface area contributed by atoms with E-state index in [0.29, 0.717) is 5.56 Å². The molecule has 248 valence electrons. The summed E-state index contributed by atoms with van der Waals surface area (Å²) >= 11 is 1.26. The molecule has 1 heterocycles. The second-order valence-corrected chi connectivity index (χ2v) is 12.4. The molecule has 5 aromatic carbocycles. The molecule has 1 saturated heterocycles. The molecular formula is C40H34O8S. The zero-order valence-corrected chi connectivity index (χ0v) is 27.2. The van der Waals surface area contributed by atoms with Crippen molar-refractivity contribution in [3.8, 4) is 0 Å². The van der Waals surface area contributed by atoms with Gasteiger partial charge in [0.15, 0.2) is 18.3 Å². The molecule has 1 aliphatic rings. The van der Waals surface area contributed by atoms with Crippen LogP contribution in [0.3, 0.4) is 0 Å². The number of carbonyl (C=O) groups is 3. The van der Waals surface area contributed by atoms with Crippen molar-refractivity contribution in [2.45, 2.75) is 48.0 Å². The van der Waals surface area contributed by atoms with E-state index in [2.05, 4.69) is 0 Å². The van der Waals surface area contributed by atoms with Crippen LogP contribution in [0.25, 0.3) is 0 Å². The van der Waals surface area contributed by atoms with Crippen molar-refractivity contribution in [3.63, 3.8) is 0 Å². The second-order valence-electron chi connectivity index (χ2n) is 11.2. The summed E-state index contributed by atoms with van der Waals surface area (Å²) in [5.41, 5.74) is 1.21. The summed E-state index contributed by atoms with van der Waals surface area (Å²) < 4.78 is 31.0. The van der Waals surface area contributed by atoms with Gasteiger partial charge in [0.1, 0.15) is 18.1 Å². The van der Waals surface area contributed by atoms with Gasteiger partial charge in [-0.3, -0.25) is 0 Å². The quantitative estimate of drug-likeness (QED) is 0.0999. The summed E-state index contributed by atoms with van der Waals surface area (Å²) in [5.74, 6) is -2.08. The molecule has 0 aromatic heterocycles. The van der Waals surface area contributed by atoms with E-state index in [1.54, 1.807) is 60.7 Å². The maximum atomic E-state index is 14.0. The smallest absolute Gasteiger partial charge is 0.339 e. The van der Waals surface area contributed by atoms with Crippen LogP contribution in [0, 0.1) is 0 Å². The van der Waals surface area contributed by atoms with E-state index in [9.17, 15) is 14.4 Å². The molecule has 49 heavy (non-hydrogen) atoms. The first-order chi connectivity index (χ1) is 24.0. The summed E-state index contributed by atoms with van der Waals surface area (Å²) in [7, 11) is 0. The van der Waals surface area contributed by atoms with Crippen LogP contribution in [0.5, 0.6) is 0 Å². The minimum atomic E-state index is -1.43. The summed E-state index contributed by atoms with van der Waals surface area (Å²) in [6.07, 6.45) is -5.07. The van der Waals surface area contributed by atoms with E-state index in [-0.39, 0.29) is 18.8 Å². The molecule has 0 saturated carbocycles. The predicted molar refractivity (Wildman–Crippen MR) is 184 cm³/mol. The van der Waals surface area contributed by atoms with Crippen LogP contribution in [0.1, 0.15) is 31.8 Å². The normalized spacial score (nSPS) is 20.1. The lowest BCUT2D eigenvalue weighted by Crippen LogP contribution is -2.62. The number of thioether (sulfide) groups is 1. The largest absolute Gasteiger partial charge is 0.459 e. The molecule has 0 aliphatic carbocycles. The monoisotopic (exact) mass is 674 g/mol. The van der Waals surface area contributed by atoms with E-state index in [1.165, 1.54) is 11.8 Å². The standard InChI is InChI=1S/C40H34O8S/c41-37(30-20-10-3-11-21-30)46-34-33(44-26-28-16-6-1-7-17-28)36(47-38(42)31-22-12-4-13-23-31)40(49-32-24-14-5-15-25-32)48-35(34)39(43)45-27-29-18-8-2-9-19-29/h1-25,33-36,40H,26-27H2/t33-,34-,35?,36?,40-/m0/s1. The third kappa shape index (κ3) is 9.03. The van der Waals surface area contributed by atoms with Crippen LogP contribution in [0.2, 0.25) is 0 Å². The van der Waals surface area contributed by atoms with Gasteiger partial charge in [0.25, 0.3) is 0 Å². The Labute approximate surface area is 288 Å². The summed E-state index contributed by atoms with van der Waals surface area (Å²) in [6, 6.07) is 45.0. The van der Waals surface area contributed by atoms with E-state index in [1.807, 2.05) is 91.0 Å². The van der Waals surface area contributed by atoms with Crippen molar-refractivity contribution in [3.05, 3.63) is 174 Å². The van der Waals surface area contributed by atoms with Crippen molar-refractivity contribution in [1.82, 2.24) is 0 Å². The Morgan fingerprint density at radius 1 is 0.531 bits per heavy atom. The van der Waals surface area contributed by atoms with E-state index >= 15 is 0 Å². The van der Waals surface area contributed by atoms with E-state index < -0.39 is 47.8 Å². The Morgan fingerprint density at radius 2 is 0.980 bits per heavy atom. The first-order valence-corrected chi connectivity index (χ1v) is 16.7. The van der Waals surface area contributed by atoms with Crippen molar-refractivity contribution in [2.75, 3.05) is 0 Å². The summed E-state index contributed by atoms with van der Waals surface area (Å²) in [5, 5.41) is 0. The molecule has 2 unspecified atom stereocenters. The number of carbonyl (C=O) groups excluding carboxylic acids is 3. The van der Waals surface area contributed by atoms with E-state index in [0.717, 1.165) is 16.0 Å². The van der Waals surface area contributed by atoms with Gasteiger partial charge in [-0.05, 0) is 47.5 Å². The zero-order chi connectivity index (χ0) is 33.8. The van der Waals surface area contributed by atoms with Crippen LogP contribution in [0.15, 0.2) is 157 Å². The van der Waals surface area contributed by atoms with E-state index in [4.69, 9.17) is 23.7 Å². The molecule has 8 nitrogen and oxygen atoms in total. The Morgan fingerprint density at radius 3 is 1.51 bits per heavy atom. The maximum absolute atomic E-state index is 14.0. The van der Waals surface area contributed by atoms with Gasteiger partial charge < -0.3 is 23.7 Å². The highest BCUT2D eigenvalue weighted by molar-refractivity contribution is 7.99. The van der Waals surface area contributed by atoms with Gasteiger partial charge in [-0.2, -0.15) is 0 Å². The molecule has 9 heteroatoms. The average Bonchev–Trinajstić information content (AvgIpc) is 3.16. The Kier molecular flexibility index (Phi) is 11.5. The molecule has 0 bridgehead atoms. The van der Waals surface area contributed by atoms with Crippen LogP contribution >= 0.6 is 11.8 Å². The summed E-state index contributed by atoms with van der Waals surface area (Å²) in [4.78, 5) is 42.0. The third-order valence-corrected chi connectivity index (χ3v) is 8.89. The highest BCUT2D eigenvalue weighted by Crippen LogP contribution is 2.38. The average molecular weight is 675 g/mol. The number of benzene rings is 5. The first kappa shape index (κ1) is 33.7. The molecule has 1 aliphatic heterocycles. The Balaban J connectivity index is 1.39. The van der Waals surface area contributed by atoms with Crippen LogP contribution < -0.4 is 0 Å². The minimum Gasteiger partial charge on any atom is -0.459 e. The van der Waals surface area contributed by atoms with Crippen molar-refractivity contribution >= 4 is 29.7 Å². The number of ether oxygens (including phenoxy) is 5. The molecule has 5 atom stereocenters. The van der Waals surface area contributed by atoms with Gasteiger partial charge >= 0.3 is 17.9 Å². The number of esters is 3. The zero-order valence-electron chi connectivity index (χ0n) is 26.4. The molecule has 0 radical (unpaired) electrons. The molecule has 1 fully saturated rings. The van der Waals surface area contributed by atoms with Crippen molar-refractivity contribution < 1.29 is 38.1 Å². The first-order valence-electron chi connectivity index (χ1n) is 15.8. The highest BCUT2D eigenvalue weighted by atomic mass is 32.2. The maximum Gasteiger partial charge on any atom is 0.339 e. The molecule has 0 amide bonds. The fraction of sp³-hybridized carbons (Fsp3) is 0.175. The van der Waals surface area contributed by atoms with Crippen LogP contribution in [-0.4, -0.2) is 47.8 Å². The van der Waals surface area contributed by atoms with Gasteiger partial charge in [0.05, 0.1) is 17.7 Å². The second kappa shape index (κ2) is 16.7.